The Kier molecular flexibility index (Phi) is 4.31. The number of nitrogens with two attached hydrogens (primary N) is 1. The van der Waals surface area contributed by atoms with Gasteiger partial charge in [0, 0.05) is 30.5 Å². The maximum atomic E-state index is 5.81. The molecule has 2 aromatic rings. The summed E-state index contributed by atoms with van der Waals surface area (Å²) < 4.78 is 0. The predicted octanol–water partition coefficient (Wildman–Crippen LogP) is 2.25. The third-order valence-electron chi connectivity index (χ3n) is 3.86. The largest absolute Gasteiger partial charge is 0.382 e. The fourth-order valence-corrected chi connectivity index (χ4v) is 2.65. The summed E-state index contributed by atoms with van der Waals surface area (Å²) in [6.45, 7) is 2.12. The molecule has 7 heteroatoms. The Morgan fingerprint density at radius 3 is 2.73 bits per heavy atom. The minimum Gasteiger partial charge on any atom is -0.382 e. The lowest BCUT2D eigenvalue weighted by Crippen LogP contribution is -2.29. The van der Waals surface area contributed by atoms with E-state index in [9.17, 15) is 0 Å². The summed E-state index contributed by atoms with van der Waals surface area (Å²) in [7, 11) is 2.01. The van der Waals surface area contributed by atoms with Crippen molar-refractivity contribution in [3.8, 4) is 0 Å². The first kappa shape index (κ1) is 14.9. The van der Waals surface area contributed by atoms with E-state index >= 15 is 0 Å². The Hall–Kier alpha value is -2.05. The van der Waals surface area contributed by atoms with Gasteiger partial charge in [-0.25, -0.2) is 4.98 Å². The van der Waals surface area contributed by atoms with Crippen LogP contribution in [0.4, 0.5) is 23.1 Å². The Labute approximate surface area is 134 Å². The number of nitrogens with zero attached hydrogens (tertiary/aromatic N) is 3. The molecule has 0 spiro atoms. The van der Waals surface area contributed by atoms with E-state index in [0.29, 0.717) is 17.0 Å². The van der Waals surface area contributed by atoms with Crippen molar-refractivity contribution < 1.29 is 0 Å². The van der Waals surface area contributed by atoms with Crippen LogP contribution in [-0.2, 0) is 0 Å². The van der Waals surface area contributed by atoms with Crippen molar-refractivity contribution in [2.24, 2.45) is 0 Å². The quantitative estimate of drug-likeness (QED) is 0.802. The first-order valence-electron chi connectivity index (χ1n) is 7.23. The maximum absolute atomic E-state index is 5.81. The number of nitrogen functional groups attached to an aromatic ring is 1. The van der Waals surface area contributed by atoms with Gasteiger partial charge in [0.25, 0.3) is 0 Å². The summed E-state index contributed by atoms with van der Waals surface area (Å²) in [5, 5.41) is 6.80. The molecule has 6 nitrogen and oxygen atoms in total. The van der Waals surface area contributed by atoms with E-state index in [1.165, 1.54) is 18.3 Å². The van der Waals surface area contributed by atoms with Crippen LogP contribution in [0.2, 0.25) is 5.02 Å². The number of anilines is 4. The second-order valence-electron chi connectivity index (χ2n) is 5.32. The summed E-state index contributed by atoms with van der Waals surface area (Å²) in [5.41, 5.74) is 7.81. The standard InChI is InChI=1S/C15H19ClN6/c1-18-11-6-7-22(9-11)12-4-2-10(3-5-12)20-15-19-8-13(16)14(17)21-15/h2-5,8,11,18H,6-7,9H2,1H3,(H3,17,19,20,21). The Morgan fingerprint density at radius 2 is 2.09 bits per heavy atom. The highest BCUT2D eigenvalue weighted by molar-refractivity contribution is 6.32. The van der Waals surface area contributed by atoms with Gasteiger partial charge in [0.1, 0.15) is 10.8 Å². The second-order valence-corrected chi connectivity index (χ2v) is 5.73. The van der Waals surface area contributed by atoms with Crippen LogP contribution < -0.4 is 21.3 Å². The molecule has 0 aliphatic carbocycles. The molecule has 1 atom stereocenters. The molecule has 22 heavy (non-hydrogen) atoms. The molecule has 116 valence electrons. The molecular weight excluding hydrogens is 300 g/mol. The maximum Gasteiger partial charge on any atom is 0.229 e. The van der Waals surface area contributed by atoms with Crippen LogP contribution >= 0.6 is 11.6 Å². The average Bonchev–Trinajstić information content (AvgIpc) is 3.01. The fraction of sp³-hybridized carbons (Fsp3) is 0.333. The minimum absolute atomic E-state index is 0.269. The molecule has 1 aromatic heterocycles. The van der Waals surface area contributed by atoms with Crippen molar-refractivity contribution in [3.63, 3.8) is 0 Å². The van der Waals surface area contributed by atoms with Crippen LogP contribution in [0.15, 0.2) is 30.5 Å². The van der Waals surface area contributed by atoms with Gasteiger partial charge in [0.15, 0.2) is 0 Å². The highest BCUT2D eigenvalue weighted by Crippen LogP contribution is 2.24. The topological polar surface area (TPSA) is 79.1 Å². The zero-order valence-corrected chi connectivity index (χ0v) is 13.1. The van der Waals surface area contributed by atoms with Gasteiger partial charge in [-0.1, -0.05) is 11.6 Å². The van der Waals surface area contributed by atoms with Gasteiger partial charge in [-0.3, -0.25) is 0 Å². The number of hydrogen-bond acceptors (Lipinski definition) is 6. The van der Waals surface area contributed by atoms with Crippen LogP contribution in [0.3, 0.4) is 0 Å². The molecule has 0 saturated carbocycles. The number of hydrogen-bond donors (Lipinski definition) is 3. The summed E-state index contributed by atoms with van der Waals surface area (Å²) in [4.78, 5) is 10.6. The predicted molar refractivity (Wildman–Crippen MR) is 90.9 cm³/mol. The molecule has 1 unspecified atom stereocenters. The normalized spacial score (nSPS) is 17.7. The monoisotopic (exact) mass is 318 g/mol. The fourth-order valence-electron chi connectivity index (χ4n) is 2.56. The molecule has 4 N–H and O–H groups in total. The van der Waals surface area contributed by atoms with E-state index in [2.05, 4.69) is 37.6 Å². The molecule has 1 fully saturated rings. The number of likely N-dealkylation sites (N-methyl/N-ethyl adjacent to an activating group) is 1. The zero-order valence-electron chi connectivity index (χ0n) is 12.4. The first-order chi connectivity index (χ1) is 10.7. The summed E-state index contributed by atoms with van der Waals surface area (Å²) in [6, 6.07) is 8.79. The van der Waals surface area contributed by atoms with Crippen molar-refractivity contribution in [2.75, 3.05) is 36.1 Å². The van der Waals surface area contributed by atoms with Gasteiger partial charge in [0.2, 0.25) is 5.95 Å². The van der Waals surface area contributed by atoms with E-state index < -0.39 is 0 Å². The molecule has 3 rings (SSSR count). The average molecular weight is 319 g/mol. The van der Waals surface area contributed by atoms with Gasteiger partial charge in [-0.2, -0.15) is 4.98 Å². The summed E-state index contributed by atoms with van der Waals surface area (Å²) >= 11 is 5.81. The number of halogens is 1. The lowest BCUT2D eigenvalue weighted by atomic mass is 10.2. The lowest BCUT2D eigenvalue weighted by molar-refractivity contribution is 0.617. The number of rotatable bonds is 4. The van der Waals surface area contributed by atoms with Crippen molar-refractivity contribution in [1.82, 2.24) is 15.3 Å². The van der Waals surface area contributed by atoms with Gasteiger partial charge in [0.05, 0.1) is 6.20 Å². The van der Waals surface area contributed by atoms with Gasteiger partial charge in [-0.15, -0.1) is 0 Å². The molecule has 0 bridgehead atoms. The second kappa shape index (κ2) is 6.37. The van der Waals surface area contributed by atoms with E-state index in [0.717, 1.165) is 18.8 Å². The Bertz CT molecular complexity index is 645. The Morgan fingerprint density at radius 1 is 1.32 bits per heavy atom. The summed E-state index contributed by atoms with van der Waals surface area (Å²) in [5.74, 6) is 0.706. The van der Waals surface area contributed by atoms with E-state index in [-0.39, 0.29) is 5.82 Å². The van der Waals surface area contributed by atoms with Crippen LogP contribution in [0.25, 0.3) is 0 Å². The number of aromatic nitrogens is 2. The minimum atomic E-state index is 0.269. The third-order valence-corrected chi connectivity index (χ3v) is 4.15. The van der Waals surface area contributed by atoms with E-state index in [1.807, 2.05) is 19.2 Å². The van der Waals surface area contributed by atoms with Crippen molar-refractivity contribution >= 4 is 34.7 Å². The summed E-state index contributed by atoms with van der Waals surface area (Å²) in [6.07, 6.45) is 2.66. The van der Waals surface area contributed by atoms with Crippen molar-refractivity contribution in [2.45, 2.75) is 12.5 Å². The smallest absolute Gasteiger partial charge is 0.229 e. The molecule has 1 saturated heterocycles. The van der Waals surface area contributed by atoms with Crippen LogP contribution in [-0.4, -0.2) is 36.1 Å². The lowest BCUT2D eigenvalue weighted by Gasteiger charge is -2.19. The van der Waals surface area contributed by atoms with E-state index in [1.54, 1.807) is 0 Å². The first-order valence-corrected chi connectivity index (χ1v) is 7.61. The number of nitrogens with one attached hydrogen (secondary N) is 2. The SMILES string of the molecule is CNC1CCN(c2ccc(Nc3ncc(Cl)c(N)n3)cc2)C1. The third kappa shape index (κ3) is 3.23. The zero-order chi connectivity index (χ0) is 15.5. The Balaban J connectivity index is 1.67. The molecule has 1 aromatic carbocycles. The molecular formula is C15H19ClN6. The number of benzene rings is 1. The molecule has 0 radical (unpaired) electrons. The molecule has 2 heterocycles. The van der Waals surface area contributed by atoms with E-state index in [4.69, 9.17) is 17.3 Å². The van der Waals surface area contributed by atoms with Gasteiger partial charge < -0.3 is 21.3 Å². The highest BCUT2D eigenvalue weighted by Gasteiger charge is 2.20. The van der Waals surface area contributed by atoms with Gasteiger partial charge >= 0.3 is 0 Å². The van der Waals surface area contributed by atoms with Crippen molar-refractivity contribution in [1.29, 1.82) is 0 Å². The van der Waals surface area contributed by atoms with Crippen LogP contribution in [0.5, 0.6) is 0 Å². The molecule has 1 aliphatic heterocycles. The molecule has 1 aliphatic rings. The molecule has 0 amide bonds. The highest BCUT2D eigenvalue weighted by atomic mass is 35.5. The van der Waals surface area contributed by atoms with Gasteiger partial charge in [-0.05, 0) is 37.7 Å². The van der Waals surface area contributed by atoms with Crippen LogP contribution in [0.1, 0.15) is 6.42 Å². The van der Waals surface area contributed by atoms with Crippen LogP contribution in [0, 0.1) is 0 Å². The van der Waals surface area contributed by atoms with Crippen molar-refractivity contribution in [3.05, 3.63) is 35.5 Å².